The lowest BCUT2D eigenvalue weighted by Gasteiger charge is -2.31. The number of hydrogen-bond donors (Lipinski definition) is 1. The van der Waals surface area contributed by atoms with E-state index in [0.29, 0.717) is 32.6 Å². The van der Waals surface area contributed by atoms with Gasteiger partial charge in [-0.1, -0.05) is 115 Å². The number of rotatable bonds is 15. The average molecular weight is 657 g/mol. The average Bonchev–Trinajstić information content (AvgIpc) is 3.46. The number of carbonyl (C=O) groups is 2. The molecule has 0 heterocycles. The minimum Gasteiger partial charge on any atom is -0.449 e. The zero-order valence-corrected chi connectivity index (χ0v) is 28.2. The van der Waals surface area contributed by atoms with E-state index >= 15 is 0 Å². The number of nitrogens with zero attached hydrogens (tertiary/aromatic N) is 1. The number of benzene rings is 5. The van der Waals surface area contributed by atoms with Crippen LogP contribution in [0.15, 0.2) is 121 Å². The molecule has 2 amide bonds. The van der Waals surface area contributed by atoms with Crippen molar-refractivity contribution in [3.05, 3.63) is 144 Å². The quantitative estimate of drug-likeness (QED) is 0.115. The summed E-state index contributed by atoms with van der Waals surface area (Å²) in [5.74, 6) is -0.304. The molecule has 5 aromatic carbocycles. The first-order chi connectivity index (χ1) is 24.0. The molecule has 49 heavy (non-hydrogen) atoms. The Kier molecular flexibility index (Phi) is 11.4. The van der Waals surface area contributed by atoms with E-state index < -0.39 is 18.4 Å². The first-order valence-corrected chi connectivity index (χ1v) is 17.2. The van der Waals surface area contributed by atoms with E-state index in [4.69, 9.17) is 14.2 Å². The topological polar surface area (TPSA) is 77.1 Å². The van der Waals surface area contributed by atoms with Gasteiger partial charge in [-0.15, -0.1) is 0 Å². The molecule has 7 heteroatoms. The molecule has 1 aliphatic carbocycles. The van der Waals surface area contributed by atoms with E-state index in [1.165, 1.54) is 0 Å². The van der Waals surface area contributed by atoms with Crippen LogP contribution in [0.3, 0.4) is 0 Å². The number of nitrogens with one attached hydrogen (secondary N) is 1. The van der Waals surface area contributed by atoms with Gasteiger partial charge in [0.1, 0.15) is 12.6 Å². The van der Waals surface area contributed by atoms with Crippen molar-refractivity contribution < 1.29 is 23.8 Å². The number of hydrogen-bond acceptors (Lipinski definition) is 5. The van der Waals surface area contributed by atoms with Crippen LogP contribution in [-0.4, -0.2) is 55.6 Å². The first kappa shape index (κ1) is 33.9. The van der Waals surface area contributed by atoms with E-state index in [9.17, 15) is 9.59 Å². The number of ether oxygens (including phenoxy) is 3. The Labute approximate surface area is 288 Å². The van der Waals surface area contributed by atoms with Gasteiger partial charge in [0.15, 0.2) is 6.29 Å². The number of fused-ring (bicyclic) bond motifs is 4. The van der Waals surface area contributed by atoms with E-state index in [-0.39, 0.29) is 25.0 Å². The van der Waals surface area contributed by atoms with Gasteiger partial charge in [0.05, 0.1) is 6.54 Å². The minimum atomic E-state index is -0.833. The van der Waals surface area contributed by atoms with E-state index in [1.807, 2.05) is 86.6 Å². The Morgan fingerprint density at radius 1 is 0.714 bits per heavy atom. The van der Waals surface area contributed by atoms with Crippen LogP contribution in [0.5, 0.6) is 0 Å². The molecule has 0 aromatic heterocycles. The van der Waals surface area contributed by atoms with Crippen molar-refractivity contribution in [2.75, 3.05) is 26.4 Å². The van der Waals surface area contributed by atoms with Crippen molar-refractivity contribution >= 4 is 22.8 Å². The molecule has 7 nitrogen and oxygen atoms in total. The fourth-order valence-electron chi connectivity index (χ4n) is 6.71. The van der Waals surface area contributed by atoms with Gasteiger partial charge < -0.3 is 24.4 Å². The van der Waals surface area contributed by atoms with Crippen LogP contribution >= 0.6 is 0 Å². The van der Waals surface area contributed by atoms with Crippen LogP contribution in [-0.2, 0) is 32.0 Å². The van der Waals surface area contributed by atoms with Crippen molar-refractivity contribution in [2.45, 2.75) is 51.5 Å². The predicted molar refractivity (Wildman–Crippen MR) is 193 cm³/mol. The van der Waals surface area contributed by atoms with Gasteiger partial charge >= 0.3 is 6.09 Å². The van der Waals surface area contributed by atoms with Gasteiger partial charge in [0.2, 0.25) is 5.91 Å². The fourth-order valence-corrected chi connectivity index (χ4v) is 6.71. The Balaban J connectivity index is 1.23. The molecule has 0 bridgehead atoms. The number of alkyl carbamates (subject to hydrolysis) is 1. The van der Waals surface area contributed by atoms with Crippen LogP contribution in [0, 0.1) is 0 Å². The van der Waals surface area contributed by atoms with E-state index in [1.54, 1.807) is 4.90 Å². The maximum atomic E-state index is 14.5. The lowest BCUT2D eigenvalue weighted by molar-refractivity contribution is -0.161. The molecule has 0 spiro atoms. The highest BCUT2D eigenvalue weighted by Gasteiger charge is 2.32. The normalized spacial score (nSPS) is 12.8. The Morgan fingerprint density at radius 3 is 2.00 bits per heavy atom. The van der Waals surface area contributed by atoms with Gasteiger partial charge in [0.25, 0.3) is 0 Å². The summed E-state index contributed by atoms with van der Waals surface area (Å²) in [5.41, 5.74) is 6.63. The maximum Gasteiger partial charge on any atom is 0.407 e. The highest BCUT2D eigenvalue weighted by atomic mass is 16.7. The summed E-state index contributed by atoms with van der Waals surface area (Å²) < 4.78 is 17.7. The van der Waals surface area contributed by atoms with Gasteiger partial charge in [0, 0.05) is 25.7 Å². The SMILES string of the molecule is CCOC(CN(Cc1ccc2ccccc2c1)C(=O)C(CCc1ccccc1)NC(=O)OCC1c2ccccc2-c2ccccc21)OCC. The van der Waals surface area contributed by atoms with Gasteiger partial charge in [-0.3, -0.25) is 4.79 Å². The van der Waals surface area contributed by atoms with Crippen LogP contribution < -0.4 is 5.32 Å². The second kappa shape index (κ2) is 16.4. The van der Waals surface area contributed by atoms with Crippen molar-refractivity contribution in [1.82, 2.24) is 10.2 Å². The summed E-state index contributed by atoms with van der Waals surface area (Å²) in [7, 11) is 0. The highest BCUT2D eigenvalue weighted by molar-refractivity contribution is 5.87. The van der Waals surface area contributed by atoms with Crippen molar-refractivity contribution in [2.24, 2.45) is 0 Å². The Hall–Kier alpha value is -4.98. The number of aryl methyl sites for hydroxylation is 1. The largest absolute Gasteiger partial charge is 0.449 e. The molecule has 1 unspecified atom stereocenters. The minimum absolute atomic E-state index is 0.0841. The summed E-state index contributed by atoms with van der Waals surface area (Å²) in [5, 5.41) is 5.18. The van der Waals surface area contributed by atoms with Gasteiger partial charge in [-0.2, -0.15) is 0 Å². The molecule has 0 fully saturated rings. The summed E-state index contributed by atoms with van der Waals surface area (Å²) in [6, 6.07) is 40.0. The Bertz CT molecular complexity index is 1810. The highest BCUT2D eigenvalue weighted by Crippen LogP contribution is 2.44. The third kappa shape index (κ3) is 8.37. The molecule has 0 saturated carbocycles. The van der Waals surface area contributed by atoms with Crippen LogP contribution in [0.2, 0.25) is 0 Å². The van der Waals surface area contributed by atoms with Crippen LogP contribution in [0.4, 0.5) is 4.79 Å². The number of carbonyl (C=O) groups excluding carboxylic acids is 2. The van der Waals surface area contributed by atoms with Crippen molar-refractivity contribution in [3.63, 3.8) is 0 Å². The fraction of sp³-hybridized carbons (Fsp3) is 0.286. The zero-order chi connectivity index (χ0) is 34.0. The van der Waals surface area contributed by atoms with Crippen molar-refractivity contribution in [3.8, 4) is 11.1 Å². The predicted octanol–water partition coefficient (Wildman–Crippen LogP) is 8.11. The molecular weight excluding hydrogens is 612 g/mol. The van der Waals surface area contributed by atoms with Crippen LogP contribution in [0.25, 0.3) is 21.9 Å². The first-order valence-electron chi connectivity index (χ1n) is 17.2. The summed E-state index contributed by atoms with van der Waals surface area (Å²) >= 11 is 0. The molecule has 1 aliphatic rings. The summed E-state index contributed by atoms with van der Waals surface area (Å²) in [6.07, 6.45) is -0.228. The van der Waals surface area contributed by atoms with E-state index in [2.05, 4.69) is 53.8 Å². The Morgan fingerprint density at radius 2 is 1.33 bits per heavy atom. The molecule has 6 rings (SSSR count). The second-order valence-corrected chi connectivity index (χ2v) is 12.3. The molecule has 1 atom stereocenters. The standard InChI is InChI=1S/C42H44N2O5/c1-3-47-40(48-4-2)28-44(27-31-22-24-32-16-8-9-17-33(32)26-31)41(45)39(25-23-30-14-6-5-7-15-30)43-42(46)49-29-38-36-20-12-10-18-34(36)35-19-11-13-21-37(35)38/h5-22,24,26,38-40H,3-4,23,25,27-29H2,1-2H3,(H,43,46). The molecule has 1 N–H and O–H groups in total. The zero-order valence-electron chi connectivity index (χ0n) is 28.2. The number of amides is 2. The lowest BCUT2D eigenvalue weighted by atomic mass is 9.98. The summed E-state index contributed by atoms with van der Waals surface area (Å²) in [6.45, 7) is 5.40. The summed E-state index contributed by atoms with van der Waals surface area (Å²) in [4.78, 5) is 29.8. The molecule has 0 saturated heterocycles. The van der Waals surface area contributed by atoms with Gasteiger partial charge in [-0.05, 0) is 76.9 Å². The molecular formula is C42H44N2O5. The third-order valence-electron chi connectivity index (χ3n) is 9.07. The third-order valence-corrected chi connectivity index (χ3v) is 9.07. The monoisotopic (exact) mass is 656 g/mol. The molecule has 252 valence electrons. The molecule has 5 aromatic rings. The second-order valence-electron chi connectivity index (χ2n) is 12.3. The lowest BCUT2D eigenvalue weighted by Crippen LogP contribution is -2.51. The van der Waals surface area contributed by atoms with E-state index in [0.717, 1.165) is 44.2 Å². The molecule has 0 radical (unpaired) electrons. The molecule has 0 aliphatic heterocycles. The smallest absolute Gasteiger partial charge is 0.407 e. The van der Waals surface area contributed by atoms with Crippen molar-refractivity contribution in [1.29, 1.82) is 0 Å². The van der Waals surface area contributed by atoms with Crippen LogP contribution in [0.1, 0.15) is 48.4 Å². The maximum absolute atomic E-state index is 14.5. The van der Waals surface area contributed by atoms with Gasteiger partial charge in [-0.25, -0.2) is 4.79 Å².